The summed E-state index contributed by atoms with van der Waals surface area (Å²) in [6, 6.07) is 8.89. The molecule has 1 aromatic heterocycles. The molecule has 35 heavy (non-hydrogen) atoms. The summed E-state index contributed by atoms with van der Waals surface area (Å²) >= 11 is 6.52. The molecule has 1 unspecified atom stereocenters. The van der Waals surface area contributed by atoms with E-state index >= 15 is 8.78 Å². The van der Waals surface area contributed by atoms with Gasteiger partial charge in [0.05, 0.1) is 22.7 Å². The van der Waals surface area contributed by atoms with E-state index in [0.717, 1.165) is 5.56 Å². The van der Waals surface area contributed by atoms with E-state index in [-0.39, 0.29) is 34.9 Å². The van der Waals surface area contributed by atoms with Crippen molar-refractivity contribution in [2.45, 2.75) is 12.0 Å². The van der Waals surface area contributed by atoms with Gasteiger partial charge < -0.3 is 25.4 Å². The minimum atomic E-state index is -0.941. The second-order valence-electron chi connectivity index (χ2n) is 8.85. The third kappa shape index (κ3) is 3.22. The van der Waals surface area contributed by atoms with Crippen molar-refractivity contribution >= 4 is 28.9 Å². The Morgan fingerprint density at radius 2 is 2.11 bits per heavy atom. The molecule has 6 rings (SSSR count). The molecule has 1 atom stereocenters. The lowest BCUT2D eigenvalue weighted by atomic mass is 9.83. The molecule has 4 bridgehead atoms. The maximum atomic E-state index is 16.0. The van der Waals surface area contributed by atoms with Crippen LogP contribution in [0.2, 0.25) is 5.02 Å². The fourth-order valence-corrected chi connectivity index (χ4v) is 5.76. The number of ether oxygens (including phenoxy) is 1. The van der Waals surface area contributed by atoms with Crippen LogP contribution in [0.4, 0.5) is 20.2 Å². The van der Waals surface area contributed by atoms with Crippen molar-refractivity contribution in [3.63, 3.8) is 0 Å². The number of halogens is 3. The Labute approximate surface area is 204 Å². The third-order valence-electron chi connectivity index (χ3n) is 6.98. The molecule has 4 heterocycles. The van der Waals surface area contributed by atoms with Crippen LogP contribution in [0.25, 0.3) is 11.1 Å². The van der Waals surface area contributed by atoms with Crippen LogP contribution in [0.15, 0.2) is 36.5 Å². The molecule has 0 saturated carbocycles. The number of fused-ring (bicyclic) bond motifs is 5. The number of benzene rings is 2. The fourth-order valence-electron chi connectivity index (χ4n) is 5.50. The highest BCUT2D eigenvalue weighted by Gasteiger charge is 2.49. The minimum Gasteiger partial charge on any atom is -0.473 e. The van der Waals surface area contributed by atoms with E-state index in [1.54, 1.807) is 6.07 Å². The molecule has 1 saturated heterocycles. The Morgan fingerprint density at radius 1 is 1.26 bits per heavy atom. The number of aliphatic hydroxyl groups is 1. The van der Waals surface area contributed by atoms with Gasteiger partial charge in [0.15, 0.2) is 5.82 Å². The predicted molar refractivity (Wildman–Crippen MR) is 127 cm³/mol. The molecule has 2 aromatic carbocycles. The van der Waals surface area contributed by atoms with Crippen molar-refractivity contribution in [3.05, 3.63) is 69.9 Å². The largest absolute Gasteiger partial charge is 0.473 e. The number of pyridine rings is 1. The fraction of sp³-hybridized carbons (Fsp3) is 0.280. The van der Waals surface area contributed by atoms with Gasteiger partial charge in [0.2, 0.25) is 0 Å². The Balaban J connectivity index is 1.71. The molecule has 1 fully saturated rings. The zero-order valence-electron chi connectivity index (χ0n) is 18.5. The third-order valence-corrected chi connectivity index (χ3v) is 7.35. The van der Waals surface area contributed by atoms with Gasteiger partial charge in [-0.1, -0.05) is 23.7 Å². The molecule has 3 aliphatic heterocycles. The molecule has 10 heteroatoms. The topological polar surface area (TPSA) is 86.7 Å². The summed E-state index contributed by atoms with van der Waals surface area (Å²) in [5.41, 5.74) is 2.03. The average molecular weight is 499 g/mol. The highest BCUT2D eigenvalue weighted by molar-refractivity contribution is 6.34. The molecular formula is C25H21ClF2N4O3. The van der Waals surface area contributed by atoms with Crippen molar-refractivity contribution in [1.29, 1.82) is 0 Å². The first-order valence-electron chi connectivity index (χ1n) is 11.3. The molecule has 3 aromatic rings. The number of piperazine rings is 1. The van der Waals surface area contributed by atoms with Crippen LogP contribution >= 0.6 is 11.6 Å². The molecule has 0 aliphatic carbocycles. The van der Waals surface area contributed by atoms with E-state index in [9.17, 15) is 4.79 Å². The Bertz CT molecular complexity index is 1390. The number of aliphatic hydroxyl groups excluding tert-OH is 1. The normalized spacial score (nSPS) is 20.0. The standard InChI is InChI=1S/C25H21ClF2N4O3/c26-21-17(27)9-18-15-10-25(12-29-4-5-32(18)25)13-2-1-3-14(8-13)31-23(34)16-11-30-24(35-7-6-33)22(28)20(16)19(15)21/h1-3,8-9,11,29,33H,4-7,10,12H2,(H,31,34). The number of aromatic nitrogens is 1. The maximum absolute atomic E-state index is 16.0. The van der Waals surface area contributed by atoms with Gasteiger partial charge >= 0.3 is 0 Å². The van der Waals surface area contributed by atoms with Crippen LogP contribution in [-0.4, -0.2) is 48.8 Å². The summed E-state index contributed by atoms with van der Waals surface area (Å²) < 4.78 is 36.6. The summed E-state index contributed by atoms with van der Waals surface area (Å²) in [5.74, 6) is -2.66. The molecule has 3 N–H and O–H groups in total. The second kappa shape index (κ2) is 8.15. The zero-order chi connectivity index (χ0) is 24.3. The predicted octanol–water partition coefficient (Wildman–Crippen LogP) is 3.48. The van der Waals surface area contributed by atoms with Crippen LogP contribution in [0.3, 0.4) is 0 Å². The van der Waals surface area contributed by atoms with E-state index in [2.05, 4.69) is 20.5 Å². The quantitative estimate of drug-likeness (QED) is 0.512. The molecular weight excluding hydrogens is 478 g/mol. The number of hydrogen-bond donors (Lipinski definition) is 3. The molecule has 1 amide bonds. The summed E-state index contributed by atoms with van der Waals surface area (Å²) in [5, 5.41) is 15.1. The van der Waals surface area contributed by atoms with Crippen LogP contribution in [0.1, 0.15) is 21.5 Å². The molecule has 7 nitrogen and oxygen atoms in total. The monoisotopic (exact) mass is 498 g/mol. The van der Waals surface area contributed by atoms with E-state index in [1.807, 2.05) is 18.2 Å². The van der Waals surface area contributed by atoms with Gasteiger partial charge in [-0.05, 0) is 29.3 Å². The van der Waals surface area contributed by atoms with E-state index in [4.69, 9.17) is 21.4 Å². The Morgan fingerprint density at radius 3 is 2.94 bits per heavy atom. The van der Waals surface area contributed by atoms with Crippen molar-refractivity contribution < 1.29 is 23.4 Å². The van der Waals surface area contributed by atoms with Crippen LogP contribution in [0, 0.1) is 11.6 Å². The summed E-state index contributed by atoms with van der Waals surface area (Å²) in [7, 11) is 0. The van der Waals surface area contributed by atoms with Crippen molar-refractivity contribution in [2.24, 2.45) is 0 Å². The first-order valence-corrected chi connectivity index (χ1v) is 11.7. The second-order valence-corrected chi connectivity index (χ2v) is 9.23. The van der Waals surface area contributed by atoms with Crippen molar-refractivity contribution in [1.82, 2.24) is 10.3 Å². The Kier molecular flexibility index (Phi) is 5.17. The zero-order valence-corrected chi connectivity index (χ0v) is 19.3. The lowest BCUT2D eigenvalue weighted by Gasteiger charge is -2.45. The van der Waals surface area contributed by atoms with Gasteiger partial charge in [-0.25, -0.2) is 13.8 Å². The van der Waals surface area contributed by atoms with E-state index in [0.29, 0.717) is 43.0 Å². The summed E-state index contributed by atoms with van der Waals surface area (Å²) in [4.78, 5) is 19.5. The van der Waals surface area contributed by atoms with Gasteiger partial charge in [-0.2, -0.15) is 0 Å². The summed E-state index contributed by atoms with van der Waals surface area (Å²) in [6.07, 6.45) is 1.62. The van der Waals surface area contributed by atoms with Gasteiger partial charge in [0, 0.05) is 54.8 Å². The van der Waals surface area contributed by atoms with E-state index in [1.165, 1.54) is 12.3 Å². The number of rotatable bonds is 3. The first-order chi connectivity index (χ1) is 16.9. The highest BCUT2D eigenvalue weighted by Crippen LogP contribution is 2.53. The van der Waals surface area contributed by atoms with Crippen LogP contribution in [-0.2, 0) is 12.0 Å². The average Bonchev–Trinajstić information content (AvgIpc) is 3.19. The number of amides is 1. The van der Waals surface area contributed by atoms with Gasteiger partial charge in [-0.3, -0.25) is 4.79 Å². The molecule has 0 radical (unpaired) electrons. The van der Waals surface area contributed by atoms with Crippen LogP contribution in [0.5, 0.6) is 5.88 Å². The number of hydrogen-bond acceptors (Lipinski definition) is 6. The summed E-state index contributed by atoms with van der Waals surface area (Å²) in [6.45, 7) is 1.34. The highest BCUT2D eigenvalue weighted by atomic mass is 35.5. The van der Waals surface area contributed by atoms with Crippen LogP contribution < -0.4 is 20.3 Å². The number of carbonyl (C=O) groups excluding carboxylic acids is 1. The van der Waals surface area contributed by atoms with Crippen molar-refractivity contribution in [3.8, 4) is 17.0 Å². The number of nitrogens with zero attached hydrogens (tertiary/aromatic N) is 2. The first kappa shape index (κ1) is 22.2. The smallest absolute Gasteiger partial charge is 0.257 e. The molecule has 180 valence electrons. The number of carbonyl (C=O) groups is 1. The maximum Gasteiger partial charge on any atom is 0.257 e. The van der Waals surface area contributed by atoms with E-state index < -0.39 is 29.0 Å². The van der Waals surface area contributed by atoms with Gasteiger partial charge in [0.25, 0.3) is 11.8 Å². The Hall–Kier alpha value is -3.27. The lowest BCUT2D eigenvalue weighted by Crippen LogP contribution is -2.57. The van der Waals surface area contributed by atoms with Gasteiger partial charge in [0.1, 0.15) is 12.4 Å². The number of nitrogens with one attached hydrogen (secondary N) is 2. The molecule has 1 spiro atoms. The van der Waals surface area contributed by atoms with Crippen molar-refractivity contribution in [2.75, 3.05) is 43.1 Å². The lowest BCUT2D eigenvalue weighted by molar-refractivity contribution is 0.102. The SMILES string of the molecule is O=C1Nc2cccc(c2)C23CNCCN2c2cc(F)c(Cl)c(c2C3)-c2c1cnc(OCCO)c2F. The minimum absolute atomic E-state index is 0.0992. The van der Waals surface area contributed by atoms with Gasteiger partial charge in [-0.15, -0.1) is 0 Å². The number of anilines is 2. The molecule has 3 aliphatic rings.